The molecule has 0 radical (unpaired) electrons. The van der Waals surface area contributed by atoms with Crippen LogP contribution in [-0.4, -0.2) is 43.2 Å². The van der Waals surface area contributed by atoms with Crippen LogP contribution in [-0.2, 0) is 9.84 Å². The van der Waals surface area contributed by atoms with E-state index in [1.807, 2.05) is 30.5 Å². The number of nitrogens with zero attached hydrogens (tertiary/aromatic N) is 2. The number of hydrogen-bond donors (Lipinski definition) is 2. The summed E-state index contributed by atoms with van der Waals surface area (Å²) in [5.41, 5.74) is 2.89. The molecule has 1 aromatic heterocycles. The van der Waals surface area contributed by atoms with E-state index in [1.54, 1.807) is 18.2 Å². The summed E-state index contributed by atoms with van der Waals surface area (Å²) in [6.07, 6.45) is 0.985. The number of hydrogen-bond acceptors (Lipinski definition) is 6. The van der Waals surface area contributed by atoms with E-state index >= 15 is 0 Å². The number of aromatic nitrogens is 1. The molecule has 0 fully saturated rings. The van der Waals surface area contributed by atoms with E-state index in [-0.39, 0.29) is 35.3 Å². The lowest BCUT2D eigenvalue weighted by molar-refractivity contribution is -0.384. The highest BCUT2D eigenvalue weighted by Gasteiger charge is 2.19. The third-order valence-corrected chi connectivity index (χ3v) is 6.44. The molecule has 3 aromatic rings. The lowest BCUT2D eigenvalue weighted by Crippen LogP contribution is -2.29. The Labute approximate surface area is 196 Å². The van der Waals surface area contributed by atoms with Gasteiger partial charge in [0.2, 0.25) is 0 Å². The Kier molecular flexibility index (Phi) is 7.09. The average molecular weight is 491 g/mol. The number of anilines is 1. The van der Waals surface area contributed by atoms with Crippen molar-refractivity contribution in [3.8, 4) is 5.69 Å². The Balaban J connectivity index is 1.67. The Morgan fingerprint density at radius 3 is 2.36 bits per heavy atom. The molecule has 33 heavy (non-hydrogen) atoms. The molecule has 0 aliphatic heterocycles. The molecule has 11 heteroatoms. The number of amides is 1. The average Bonchev–Trinajstić information content (AvgIpc) is 3.05. The van der Waals surface area contributed by atoms with Crippen LogP contribution in [0.25, 0.3) is 5.69 Å². The quantitative estimate of drug-likeness (QED) is 0.280. The molecule has 174 valence electrons. The number of nitro groups is 1. The van der Waals surface area contributed by atoms with Gasteiger partial charge in [0.25, 0.3) is 11.6 Å². The summed E-state index contributed by atoms with van der Waals surface area (Å²) in [6, 6.07) is 12.8. The standard InChI is InChI=1S/C22H23ClN4O5S/c1-14-12-19(15(2)26(14)17-6-4-16(23)5-7-17)22(28)25-11-10-24-20-9-8-18(33(3,31)32)13-21(20)27(29)30/h4-9,12-13,24H,10-11H2,1-3H3,(H,25,28). The van der Waals surface area contributed by atoms with E-state index in [0.717, 1.165) is 29.4 Å². The molecule has 0 bridgehead atoms. The van der Waals surface area contributed by atoms with E-state index in [4.69, 9.17) is 11.6 Å². The summed E-state index contributed by atoms with van der Waals surface area (Å²) >= 11 is 5.96. The molecule has 3 rings (SSSR count). The second-order valence-corrected chi connectivity index (χ2v) is 9.94. The molecule has 1 heterocycles. The zero-order chi connectivity index (χ0) is 24.3. The van der Waals surface area contributed by atoms with Crippen LogP contribution < -0.4 is 10.6 Å². The summed E-state index contributed by atoms with van der Waals surface area (Å²) in [6.45, 7) is 4.16. The zero-order valence-corrected chi connectivity index (χ0v) is 19.8. The van der Waals surface area contributed by atoms with Gasteiger partial charge in [-0.1, -0.05) is 11.6 Å². The van der Waals surface area contributed by atoms with Crippen LogP contribution in [0.1, 0.15) is 21.7 Å². The maximum atomic E-state index is 12.7. The molecule has 2 N–H and O–H groups in total. The number of sulfone groups is 1. The molecule has 2 aromatic carbocycles. The van der Waals surface area contributed by atoms with Crippen molar-refractivity contribution in [1.82, 2.24) is 9.88 Å². The minimum atomic E-state index is -3.57. The van der Waals surface area contributed by atoms with Crippen molar-refractivity contribution in [3.05, 3.63) is 80.6 Å². The number of aryl methyl sites for hydroxylation is 1. The number of carbonyl (C=O) groups is 1. The fraction of sp³-hybridized carbons (Fsp3) is 0.227. The van der Waals surface area contributed by atoms with Crippen LogP contribution in [0.5, 0.6) is 0 Å². The molecule has 0 spiro atoms. The predicted octanol–water partition coefficient (Wildman–Crippen LogP) is 3.90. The maximum Gasteiger partial charge on any atom is 0.293 e. The van der Waals surface area contributed by atoms with Gasteiger partial charge in [-0.2, -0.15) is 0 Å². The van der Waals surface area contributed by atoms with Gasteiger partial charge in [-0.05, 0) is 56.3 Å². The minimum Gasteiger partial charge on any atom is -0.378 e. The Bertz CT molecular complexity index is 1320. The highest BCUT2D eigenvalue weighted by molar-refractivity contribution is 7.90. The second-order valence-electron chi connectivity index (χ2n) is 7.49. The van der Waals surface area contributed by atoms with Crippen molar-refractivity contribution >= 4 is 38.7 Å². The topological polar surface area (TPSA) is 123 Å². The predicted molar refractivity (Wildman–Crippen MR) is 127 cm³/mol. The number of rotatable bonds is 8. The number of halogens is 1. The maximum absolute atomic E-state index is 12.7. The fourth-order valence-electron chi connectivity index (χ4n) is 3.49. The summed E-state index contributed by atoms with van der Waals surface area (Å²) in [4.78, 5) is 23.2. The molecule has 1 amide bonds. The van der Waals surface area contributed by atoms with Gasteiger partial charge in [0.1, 0.15) is 5.69 Å². The van der Waals surface area contributed by atoms with Crippen molar-refractivity contribution in [2.45, 2.75) is 18.7 Å². The van der Waals surface area contributed by atoms with Crippen molar-refractivity contribution in [2.75, 3.05) is 24.7 Å². The van der Waals surface area contributed by atoms with E-state index in [0.29, 0.717) is 10.6 Å². The van der Waals surface area contributed by atoms with E-state index in [2.05, 4.69) is 10.6 Å². The Morgan fingerprint density at radius 1 is 1.09 bits per heavy atom. The first-order valence-corrected chi connectivity index (χ1v) is 12.2. The fourth-order valence-corrected chi connectivity index (χ4v) is 4.26. The normalized spacial score (nSPS) is 11.3. The summed E-state index contributed by atoms with van der Waals surface area (Å²) < 4.78 is 25.3. The van der Waals surface area contributed by atoms with Crippen LogP contribution in [0.2, 0.25) is 5.02 Å². The van der Waals surface area contributed by atoms with Crippen LogP contribution >= 0.6 is 11.6 Å². The second kappa shape index (κ2) is 9.63. The lowest BCUT2D eigenvalue weighted by Gasteiger charge is -2.11. The highest BCUT2D eigenvalue weighted by Crippen LogP contribution is 2.27. The van der Waals surface area contributed by atoms with Gasteiger partial charge in [0, 0.05) is 47.5 Å². The largest absolute Gasteiger partial charge is 0.378 e. The Morgan fingerprint density at radius 2 is 1.76 bits per heavy atom. The van der Waals surface area contributed by atoms with Crippen molar-refractivity contribution in [3.63, 3.8) is 0 Å². The zero-order valence-electron chi connectivity index (χ0n) is 18.3. The first-order chi connectivity index (χ1) is 15.5. The van der Waals surface area contributed by atoms with Crippen molar-refractivity contribution in [1.29, 1.82) is 0 Å². The number of carbonyl (C=O) groups excluding carboxylic acids is 1. The summed E-state index contributed by atoms with van der Waals surface area (Å²) in [7, 11) is -3.57. The van der Waals surface area contributed by atoms with E-state index < -0.39 is 14.8 Å². The van der Waals surface area contributed by atoms with Crippen LogP contribution in [0, 0.1) is 24.0 Å². The monoisotopic (exact) mass is 490 g/mol. The van der Waals surface area contributed by atoms with Gasteiger partial charge >= 0.3 is 0 Å². The third-order valence-electron chi connectivity index (χ3n) is 5.08. The molecule has 0 saturated carbocycles. The van der Waals surface area contributed by atoms with Crippen molar-refractivity contribution in [2.24, 2.45) is 0 Å². The van der Waals surface area contributed by atoms with Crippen LogP contribution in [0.4, 0.5) is 11.4 Å². The number of nitro benzene ring substituents is 1. The van der Waals surface area contributed by atoms with E-state index in [9.17, 15) is 23.3 Å². The van der Waals surface area contributed by atoms with Crippen LogP contribution in [0.3, 0.4) is 0 Å². The number of nitrogens with one attached hydrogen (secondary N) is 2. The van der Waals surface area contributed by atoms with Gasteiger partial charge < -0.3 is 15.2 Å². The van der Waals surface area contributed by atoms with Gasteiger partial charge in [-0.25, -0.2) is 8.42 Å². The molecule has 0 atom stereocenters. The molecule has 0 aliphatic carbocycles. The molecule has 0 unspecified atom stereocenters. The van der Waals surface area contributed by atoms with E-state index in [1.165, 1.54) is 12.1 Å². The van der Waals surface area contributed by atoms with Gasteiger partial charge in [-0.3, -0.25) is 14.9 Å². The smallest absolute Gasteiger partial charge is 0.293 e. The SMILES string of the molecule is Cc1cc(C(=O)NCCNc2ccc(S(C)(=O)=O)cc2[N+](=O)[O-])c(C)n1-c1ccc(Cl)cc1. The minimum absolute atomic E-state index is 0.135. The molecule has 0 saturated heterocycles. The molecular weight excluding hydrogens is 468 g/mol. The summed E-state index contributed by atoms with van der Waals surface area (Å²) in [5, 5.41) is 17.6. The molecule has 9 nitrogen and oxygen atoms in total. The highest BCUT2D eigenvalue weighted by atomic mass is 35.5. The molecular formula is C22H23ClN4O5S. The first kappa shape index (κ1) is 24.3. The third kappa shape index (κ3) is 5.52. The van der Waals surface area contributed by atoms with Gasteiger partial charge in [-0.15, -0.1) is 0 Å². The summed E-state index contributed by atoms with van der Waals surface area (Å²) in [5.74, 6) is -0.271. The lowest BCUT2D eigenvalue weighted by atomic mass is 10.2. The van der Waals surface area contributed by atoms with Gasteiger partial charge in [0.15, 0.2) is 9.84 Å². The van der Waals surface area contributed by atoms with Crippen molar-refractivity contribution < 1.29 is 18.1 Å². The van der Waals surface area contributed by atoms with Crippen LogP contribution in [0.15, 0.2) is 53.4 Å². The molecule has 0 aliphatic rings. The van der Waals surface area contributed by atoms with Gasteiger partial charge in [0.05, 0.1) is 15.4 Å². The Hall–Kier alpha value is -3.37. The first-order valence-electron chi connectivity index (χ1n) is 9.94. The number of benzene rings is 2.